The third-order valence-electron chi connectivity index (χ3n) is 2.25. The lowest BCUT2D eigenvalue weighted by Gasteiger charge is -2.21. The molecule has 0 aliphatic rings. The molecule has 0 bridgehead atoms. The van der Waals surface area contributed by atoms with Gasteiger partial charge in [0.25, 0.3) is 0 Å². The van der Waals surface area contributed by atoms with Gasteiger partial charge in [-0.3, -0.25) is 14.5 Å². The summed E-state index contributed by atoms with van der Waals surface area (Å²) in [5, 5.41) is 11.2. The molecule has 0 aliphatic carbocycles. The van der Waals surface area contributed by atoms with E-state index in [9.17, 15) is 9.59 Å². The zero-order chi connectivity index (χ0) is 14.1. The van der Waals surface area contributed by atoms with Gasteiger partial charge in [-0.1, -0.05) is 0 Å². The summed E-state index contributed by atoms with van der Waals surface area (Å²) in [6.07, 6.45) is 0.319. The third kappa shape index (κ3) is 7.63. The van der Waals surface area contributed by atoms with E-state index in [1.807, 2.05) is 19.9 Å². The molecule has 0 aliphatic heterocycles. The van der Waals surface area contributed by atoms with Gasteiger partial charge in [0.2, 0.25) is 11.8 Å². The summed E-state index contributed by atoms with van der Waals surface area (Å²) in [6, 6.07) is 2.09. The van der Waals surface area contributed by atoms with Crippen molar-refractivity contribution in [1.82, 2.24) is 15.1 Å². The Hall–Kier alpha value is -1.61. The van der Waals surface area contributed by atoms with E-state index in [1.165, 1.54) is 4.90 Å². The highest BCUT2D eigenvalue weighted by Gasteiger charge is 2.14. The number of carbonyl (C=O) groups excluding carboxylic acids is 2. The number of nitrogens with one attached hydrogen (secondary N) is 1. The van der Waals surface area contributed by atoms with Crippen molar-refractivity contribution in [3.05, 3.63) is 0 Å². The molecule has 0 radical (unpaired) electrons. The summed E-state index contributed by atoms with van der Waals surface area (Å²) in [5.74, 6) is -0.190. The average Bonchev–Trinajstić information content (AvgIpc) is 2.23. The minimum atomic E-state index is -0.0972. The van der Waals surface area contributed by atoms with Gasteiger partial charge in [-0.15, -0.1) is 0 Å². The molecule has 0 aromatic carbocycles. The summed E-state index contributed by atoms with van der Waals surface area (Å²) in [5.41, 5.74) is 0. The van der Waals surface area contributed by atoms with Crippen LogP contribution in [0.5, 0.6) is 0 Å². The normalized spacial score (nSPS) is 10.3. The van der Waals surface area contributed by atoms with Crippen molar-refractivity contribution in [1.29, 1.82) is 5.26 Å². The molecule has 0 fully saturated rings. The summed E-state index contributed by atoms with van der Waals surface area (Å²) >= 11 is 0. The van der Waals surface area contributed by atoms with Gasteiger partial charge < -0.3 is 10.2 Å². The van der Waals surface area contributed by atoms with Gasteiger partial charge >= 0.3 is 0 Å². The first-order chi connectivity index (χ1) is 8.36. The van der Waals surface area contributed by atoms with Crippen LogP contribution < -0.4 is 5.32 Å². The molecule has 0 spiro atoms. The Morgan fingerprint density at radius 2 is 1.89 bits per heavy atom. The molecule has 102 valence electrons. The Morgan fingerprint density at radius 1 is 1.28 bits per heavy atom. The van der Waals surface area contributed by atoms with Gasteiger partial charge in [0.05, 0.1) is 25.6 Å². The standard InChI is InChI=1S/C12H22N4O2/c1-10(2)14-11(17)8-15(3)9-12(18)16(4)7-5-6-13/h10H,5,7-9H2,1-4H3,(H,14,17). The number of nitrogens with zero attached hydrogens (tertiary/aromatic N) is 3. The van der Waals surface area contributed by atoms with Crippen LogP contribution in [-0.4, -0.2) is 61.4 Å². The maximum atomic E-state index is 11.7. The van der Waals surface area contributed by atoms with Crippen molar-refractivity contribution in [2.45, 2.75) is 26.3 Å². The lowest BCUT2D eigenvalue weighted by molar-refractivity contribution is -0.131. The Labute approximate surface area is 109 Å². The molecular weight excluding hydrogens is 232 g/mol. The van der Waals surface area contributed by atoms with Crippen LogP contribution in [0.2, 0.25) is 0 Å². The van der Waals surface area contributed by atoms with E-state index in [0.717, 1.165) is 0 Å². The van der Waals surface area contributed by atoms with Crippen molar-refractivity contribution in [2.75, 3.05) is 33.7 Å². The molecule has 2 amide bonds. The van der Waals surface area contributed by atoms with Crippen LogP contribution in [0.1, 0.15) is 20.3 Å². The quantitative estimate of drug-likeness (QED) is 0.683. The second kappa shape index (κ2) is 8.48. The monoisotopic (exact) mass is 254 g/mol. The lowest BCUT2D eigenvalue weighted by Crippen LogP contribution is -2.43. The fourth-order valence-corrected chi connectivity index (χ4v) is 1.36. The molecule has 0 saturated heterocycles. The third-order valence-corrected chi connectivity index (χ3v) is 2.25. The first-order valence-electron chi connectivity index (χ1n) is 5.95. The van der Waals surface area contributed by atoms with Gasteiger partial charge in [-0.05, 0) is 20.9 Å². The number of hydrogen-bond donors (Lipinski definition) is 1. The summed E-state index contributed by atoms with van der Waals surface area (Å²) in [4.78, 5) is 26.3. The van der Waals surface area contributed by atoms with E-state index in [1.54, 1.807) is 19.0 Å². The molecule has 0 aromatic rings. The Morgan fingerprint density at radius 3 is 2.39 bits per heavy atom. The second-order valence-corrected chi connectivity index (χ2v) is 4.62. The van der Waals surface area contributed by atoms with Crippen LogP contribution in [0.4, 0.5) is 0 Å². The summed E-state index contributed by atoms with van der Waals surface area (Å²) in [6.45, 7) is 4.56. The molecule has 0 heterocycles. The maximum absolute atomic E-state index is 11.7. The van der Waals surface area contributed by atoms with Crippen LogP contribution in [0.25, 0.3) is 0 Å². The van der Waals surface area contributed by atoms with Crippen LogP contribution in [-0.2, 0) is 9.59 Å². The topological polar surface area (TPSA) is 76.4 Å². The number of nitriles is 1. The Kier molecular flexibility index (Phi) is 7.72. The number of amides is 2. The highest BCUT2D eigenvalue weighted by molar-refractivity contribution is 5.81. The van der Waals surface area contributed by atoms with Crippen molar-refractivity contribution >= 4 is 11.8 Å². The fraction of sp³-hybridized carbons (Fsp3) is 0.750. The molecule has 0 saturated carbocycles. The van der Waals surface area contributed by atoms with Crippen LogP contribution in [0.15, 0.2) is 0 Å². The van der Waals surface area contributed by atoms with E-state index in [0.29, 0.717) is 13.0 Å². The largest absolute Gasteiger partial charge is 0.353 e. The first-order valence-corrected chi connectivity index (χ1v) is 5.95. The van der Waals surface area contributed by atoms with E-state index in [4.69, 9.17) is 5.26 Å². The molecule has 6 heteroatoms. The second-order valence-electron chi connectivity index (χ2n) is 4.62. The van der Waals surface area contributed by atoms with Gasteiger partial charge in [-0.25, -0.2) is 0 Å². The fourth-order valence-electron chi connectivity index (χ4n) is 1.36. The summed E-state index contributed by atoms with van der Waals surface area (Å²) < 4.78 is 0. The zero-order valence-electron chi connectivity index (χ0n) is 11.6. The van der Waals surface area contributed by atoms with Gasteiger partial charge in [0.1, 0.15) is 0 Å². The zero-order valence-corrected chi connectivity index (χ0v) is 11.6. The SMILES string of the molecule is CC(C)NC(=O)CN(C)CC(=O)N(C)CCC#N. The smallest absolute Gasteiger partial charge is 0.236 e. The number of carbonyl (C=O) groups is 2. The molecule has 18 heavy (non-hydrogen) atoms. The highest BCUT2D eigenvalue weighted by Crippen LogP contribution is 1.92. The molecular formula is C12H22N4O2. The molecule has 1 N–H and O–H groups in total. The number of likely N-dealkylation sites (N-methyl/N-ethyl adjacent to an activating group) is 2. The molecule has 0 unspecified atom stereocenters. The van der Waals surface area contributed by atoms with Gasteiger partial charge in [-0.2, -0.15) is 5.26 Å². The van der Waals surface area contributed by atoms with Crippen LogP contribution in [0.3, 0.4) is 0 Å². The molecule has 0 atom stereocenters. The Balaban J connectivity index is 4.00. The minimum absolute atomic E-state index is 0.0925. The van der Waals surface area contributed by atoms with Gasteiger partial charge in [0, 0.05) is 19.6 Å². The maximum Gasteiger partial charge on any atom is 0.236 e. The first kappa shape index (κ1) is 16.4. The molecule has 0 aromatic heterocycles. The van der Waals surface area contributed by atoms with E-state index >= 15 is 0 Å². The van der Waals surface area contributed by atoms with Crippen molar-refractivity contribution in [2.24, 2.45) is 0 Å². The van der Waals surface area contributed by atoms with Crippen LogP contribution in [0, 0.1) is 11.3 Å². The van der Waals surface area contributed by atoms with Crippen molar-refractivity contribution in [3.63, 3.8) is 0 Å². The Bertz CT molecular complexity index is 323. The van der Waals surface area contributed by atoms with E-state index < -0.39 is 0 Å². The molecule has 0 rings (SSSR count). The van der Waals surface area contributed by atoms with Crippen LogP contribution >= 0.6 is 0 Å². The van der Waals surface area contributed by atoms with E-state index in [-0.39, 0.29) is 30.9 Å². The predicted molar refractivity (Wildman–Crippen MR) is 68.6 cm³/mol. The van der Waals surface area contributed by atoms with Gasteiger partial charge in [0.15, 0.2) is 0 Å². The summed E-state index contributed by atoms with van der Waals surface area (Å²) in [7, 11) is 3.37. The number of rotatable bonds is 7. The molecule has 6 nitrogen and oxygen atoms in total. The van der Waals surface area contributed by atoms with Crippen molar-refractivity contribution < 1.29 is 9.59 Å². The minimum Gasteiger partial charge on any atom is -0.353 e. The predicted octanol–water partition coefficient (Wildman–Crippen LogP) is -0.185. The lowest BCUT2D eigenvalue weighted by atomic mass is 10.3. The highest BCUT2D eigenvalue weighted by atomic mass is 16.2. The van der Waals surface area contributed by atoms with E-state index in [2.05, 4.69) is 5.32 Å². The average molecular weight is 254 g/mol. The van der Waals surface area contributed by atoms with Crippen molar-refractivity contribution in [3.8, 4) is 6.07 Å². The number of hydrogen-bond acceptors (Lipinski definition) is 4.